The highest BCUT2D eigenvalue weighted by atomic mass is 19.2. The van der Waals surface area contributed by atoms with Crippen molar-refractivity contribution in [1.82, 2.24) is 10.6 Å². The number of rotatable bonds is 5. The van der Waals surface area contributed by atoms with E-state index >= 15 is 0 Å². The first-order valence-corrected chi connectivity index (χ1v) is 5.92. The lowest BCUT2D eigenvalue weighted by Crippen LogP contribution is -2.36. The number of nitrogens with one attached hydrogen (secondary N) is 2. The molecule has 0 unspecified atom stereocenters. The van der Waals surface area contributed by atoms with Gasteiger partial charge in [0.2, 0.25) is 5.91 Å². The minimum Gasteiger partial charge on any atom is -0.354 e. The van der Waals surface area contributed by atoms with Crippen LogP contribution in [-0.2, 0) is 4.79 Å². The van der Waals surface area contributed by atoms with Crippen LogP contribution in [0.4, 0.5) is 8.78 Å². The van der Waals surface area contributed by atoms with Crippen LogP contribution < -0.4 is 10.6 Å². The highest BCUT2D eigenvalue weighted by Crippen LogP contribution is 2.08. The van der Waals surface area contributed by atoms with E-state index in [0.717, 1.165) is 12.1 Å². The summed E-state index contributed by atoms with van der Waals surface area (Å²) in [5.74, 6) is -2.82. The Morgan fingerprint density at radius 3 is 2.32 bits per heavy atom. The van der Waals surface area contributed by atoms with Gasteiger partial charge in [0.25, 0.3) is 5.91 Å². The molecule has 0 saturated carbocycles. The smallest absolute Gasteiger partial charge is 0.251 e. The molecule has 2 amide bonds. The number of hydrogen-bond acceptors (Lipinski definition) is 2. The van der Waals surface area contributed by atoms with Gasteiger partial charge in [-0.3, -0.25) is 9.59 Å². The molecule has 0 spiro atoms. The van der Waals surface area contributed by atoms with Gasteiger partial charge in [-0.15, -0.1) is 0 Å². The fourth-order valence-electron chi connectivity index (χ4n) is 1.31. The van der Waals surface area contributed by atoms with Crippen molar-refractivity contribution in [2.75, 3.05) is 13.1 Å². The van der Waals surface area contributed by atoms with E-state index in [-0.39, 0.29) is 30.5 Å². The SMILES string of the molecule is CC(C)C(=O)NCCNC(=O)c1ccc(F)c(F)c1. The van der Waals surface area contributed by atoms with Crippen LogP contribution in [0.1, 0.15) is 24.2 Å². The zero-order valence-electron chi connectivity index (χ0n) is 10.8. The van der Waals surface area contributed by atoms with Gasteiger partial charge in [-0.05, 0) is 18.2 Å². The molecule has 1 rings (SSSR count). The van der Waals surface area contributed by atoms with E-state index in [4.69, 9.17) is 0 Å². The summed E-state index contributed by atoms with van der Waals surface area (Å²) in [5.41, 5.74) is 0.0362. The molecule has 0 fully saturated rings. The van der Waals surface area contributed by atoms with E-state index in [0.29, 0.717) is 0 Å². The molecule has 0 aliphatic rings. The Hall–Kier alpha value is -1.98. The predicted octanol–water partition coefficient (Wildman–Crippen LogP) is 1.47. The van der Waals surface area contributed by atoms with Crippen LogP contribution in [0.15, 0.2) is 18.2 Å². The zero-order chi connectivity index (χ0) is 14.4. The van der Waals surface area contributed by atoms with Gasteiger partial charge >= 0.3 is 0 Å². The van der Waals surface area contributed by atoms with E-state index in [1.54, 1.807) is 13.8 Å². The van der Waals surface area contributed by atoms with Gasteiger partial charge in [-0.2, -0.15) is 0 Å². The standard InChI is InChI=1S/C13H16F2N2O2/c1-8(2)12(18)16-5-6-17-13(19)9-3-4-10(14)11(15)7-9/h3-4,7-8H,5-6H2,1-2H3,(H,16,18)(H,17,19). The predicted molar refractivity (Wildman–Crippen MR) is 66.5 cm³/mol. The quantitative estimate of drug-likeness (QED) is 0.796. The molecule has 0 aliphatic heterocycles. The number of benzene rings is 1. The van der Waals surface area contributed by atoms with Crippen LogP contribution in [0.5, 0.6) is 0 Å². The Balaban J connectivity index is 2.39. The van der Waals surface area contributed by atoms with Gasteiger partial charge in [0.05, 0.1) is 0 Å². The molecule has 0 atom stereocenters. The Bertz CT molecular complexity index is 476. The van der Waals surface area contributed by atoms with Gasteiger partial charge in [0, 0.05) is 24.6 Å². The monoisotopic (exact) mass is 270 g/mol. The molecule has 104 valence electrons. The first kappa shape index (κ1) is 15.1. The maximum atomic E-state index is 12.9. The summed E-state index contributed by atoms with van der Waals surface area (Å²) in [5, 5.41) is 5.12. The molecule has 0 heterocycles. The van der Waals surface area contributed by atoms with Crippen LogP contribution in [-0.4, -0.2) is 24.9 Å². The average Bonchev–Trinajstić information content (AvgIpc) is 2.37. The number of amides is 2. The first-order valence-electron chi connectivity index (χ1n) is 5.92. The molecule has 6 heteroatoms. The molecular weight excluding hydrogens is 254 g/mol. The average molecular weight is 270 g/mol. The summed E-state index contributed by atoms with van der Waals surface area (Å²) in [4.78, 5) is 22.8. The van der Waals surface area contributed by atoms with E-state index in [1.165, 1.54) is 6.07 Å². The van der Waals surface area contributed by atoms with Crippen molar-refractivity contribution in [1.29, 1.82) is 0 Å². The maximum Gasteiger partial charge on any atom is 0.251 e. The molecule has 0 radical (unpaired) electrons. The van der Waals surface area contributed by atoms with Crippen LogP contribution in [0.2, 0.25) is 0 Å². The van der Waals surface area contributed by atoms with Crippen molar-refractivity contribution in [3.8, 4) is 0 Å². The molecule has 4 nitrogen and oxygen atoms in total. The van der Waals surface area contributed by atoms with Crippen molar-refractivity contribution in [3.63, 3.8) is 0 Å². The second-order valence-corrected chi connectivity index (χ2v) is 4.33. The minimum absolute atomic E-state index is 0.0362. The van der Waals surface area contributed by atoms with Crippen LogP contribution in [0.25, 0.3) is 0 Å². The lowest BCUT2D eigenvalue weighted by atomic mass is 10.2. The minimum atomic E-state index is -1.07. The lowest BCUT2D eigenvalue weighted by Gasteiger charge is -2.08. The van der Waals surface area contributed by atoms with Crippen molar-refractivity contribution in [2.45, 2.75) is 13.8 Å². The third kappa shape index (κ3) is 4.65. The second kappa shape index (κ2) is 6.82. The molecule has 0 bridgehead atoms. The van der Waals surface area contributed by atoms with Gasteiger partial charge in [0.15, 0.2) is 11.6 Å². The van der Waals surface area contributed by atoms with E-state index in [2.05, 4.69) is 10.6 Å². The third-order valence-corrected chi connectivity index (χ3v) is 2.42. The molecular formula is C13H16F2N2O2. The number of carbonyl (C=O) groups excluding carboxylic acids is 2. The van der Waals surface area contributed by atoms with Crippen LogP contribution >= 0.6 is 0 Å². The summed E-state index contributed by atoms with van der Waals surface area (Å²) >= 11 is 0. The largest absolute Gasteiger partial charge is 0.354 e. The molecule has 0 saturated heterocycles. The molecule has 2 N–H and O–H groups in total. The summed E-state index contributed by atoms with van der Waals surface area (Å²) < 4.78 is 25.6. The number of hydrogen-bond donors (Lipinski definition) is 2. The van der Waals surface area contributed by atoms with E-state index in [1.807, 2.05) is 0 Å². The van der Waals surface area contributed by atoms with Gasteiger partial charge in [-0.25, -0.2) is 8.78 Å². The number of carbonyl (C=O) groups is 2. The molecule has 1 aromatic rings. The summed E-state index contributed by atoms with van der Waals surface area (Å²) in [6.07, 6.45) is 0. The summed E-state index contributed by atoms with van der Waals surface area (Å²) in [6, 6.07) is 2.92. The van der Waals surface area contributed by atoms with E-state index < -0.39 is 17.5 Å². The van der Waals surface area contributed by atoms with Crippen molar-refractivity contribution in [3.05, 3.63) is 35.4 Å². The number of halogens is 2. The molecule has 19 heavy (non-hydrogen) atoms. The molecule has 1 aromatic carbocycles. The molecule has 0 aliphatic carbocycles. The van der Waals surface area contributed by atoms with Crippen molar-refractivity contribution in [2.24, 2.45) is 5.92 Å². The summed E-state index contributed by atoms with van der Waals surface area (Å²) in [6.45, 7) is 4.02. The topological polar surface area (TPSA) is 58.2 Å². The van der Waals surface area contributed by atoms with Gasteiger partial charge in [0.1, 0.15) is 0 Å². The van der Waals surface area contributed by atoms with Gasteiger partial charge in [-0.1, -0.05) is 13.8 Å². The Morgan fingerprint density at radius 1 is 1.11 bits per heavy atom. The fourth-order valence-corrected chi connectivity index (χ4v) is 1.31. The summed E-state index contributed by atoms with van der Waals surface area (Å²) in [7, 11) is 0. The van der Waals surface area contributed by atoms with Crippen LogP contribution in [0, 0.1) is 17.6 Å². The highest BCUT2D eigenvalue weighted by molar-refractivity contribution is 5.94. The molecule has 0 aromatic heterocycles. The normalized spacial score (nSPS) is 10.4. The highest BCUT2D eigenvalue weighted by Gasteiger charge is 2.09. The van der Waals surface area contributed by atoms with E-state index in [9.17, 15) is 18.4 Å². The Labute approximate surface area is 110 Å². The zero-order valence-corrected chi connectivity index (χ0v) is 10.8. The third-order valence-electron chi connectivity index (χ3n) is 2.42. The van der Waals surface area contributed by atoms with Crippen molar-refractivity contribution < 1.29 is 18.4 Å². The lowest BCUT2D eigenvalue weighted by molar-refractivity contribution is -0.123. The Kier molecular flexibility index (Phi) is 5.41. The fraction of sp³-hybridized carbons (Fsp3) is 0.385. The van der Waals surface area contributed by atoms with Crippen LogP contribution in [0.3, 0.4) is 0 Å². The second-order valence-electron chi connectivity index (χ2n) is 4.33. The Morgan fingerprint density at radius 2 is 1.74 bits per heavy atom. The first-order chi connectivity index (χ1) is 8.91. The van der Waals surface area contributed by atoms with Gasteiger partial charge < -0.3 is 10.6 Å². The maximum absolute atomic E-state index is 12.9. The van der Waals surface area contributed by atoms with Crippen molar-refractivity contribution >= 4 is 11.8 Å².